The predicted molar refractivity (Wildman–Crippen MR) is 69.1 cm³/mol. The molecule has 0 spiro atoms. The molecule has 0 aromatic heterocycles. The van der Waals surface area contributed by atoms with Crippen molar-refractivity contribution in [1.29, 1.82) is 0 Å². The molecule has 0 saturated heterocycles. The highest BCUT2D eigenvalue weighted by molar-refractivity contribution is 5.85. The van der Waals surface area contributed by atoms with Crippen molar-refractivity contribution in [1.82, 2.24) is 10.6 Å². The molecule has 0 aromatic carbocycles. The van der Waals surface area contributed by atoms with Crippen LogP contribution in [0.1, 0.15) is 33.1 Å². The largest absolute Gasteiger partial charge is 0.383 e. The maximum absolute atomic E-state index is 11.4. The van der Waals surface area contributed by atoms with Crippen LogP contribution in [0.15, 0.2) is 0 Å². The Morgan fingerprint density at radius 2 is 2.06 bits per heavy atom. The van der Waals surface area contributed by atoms with Gasteiger partial charge in [0.2, 0.25) is 5.91 Å². The number of nitrogens with one attached hydrogen (secondary N) is 2. The fraction of sp³-hybridized carbons (Fsp3) is 0.909. The minimum absolute atomic E-state index is 0. The van der Waals surface area contributed by atoms with Crippen molar-refractivity contribution in [2.75, 3.05) is 26.8 Å². The van der Waals surface area contributed by atoms with E-state index in [0.717, 1.165) is 19.3 Å². The molecule has 0 aliphatic carbocycles. The monoisotopic (exact) mass is 252 g/mol. The Hall–Kier alpha value is -0.320. The highest BCUT2D eigenvalue weighted by atomic mass is 35.5. The fourth-order valence-electron chi connectivity index (χ4n) is 1.38. The van der Waals surface area contributed by atoms with Gasteiger partial charge in [0, 0.05) is 19.7 Å². The minimum atomic E-state index is 0. The Kier molecular flexibility index (Phi) is 14.4. The van der Waals surface area contributed by atoms with Gasteiger partial charge in [0.15, 0.2) is 0 Å². The van der Waals surface area contributed by atoms with Gasteiger partial charge in [-0.2, -0.15) is 0 Å². The zero-order valence-electron chi connectivity index (χ0n) is 10.5. The minimum Gasteiger partial charge on any atom is -0.383 e. The van der Waals surface area contributed by atoms with Crippen molar-refractivity contribution in [2.24, 2.45) is 0 Å². The van der Waals surface area contributed by atoms with Crippen LogP contribution in [0, 0.1) is 0 Å². The van der Waals surface area contributed by atoms with Gasteiger partial charge in [0.25, 0.3) is 0 Å². The normalized spacial score (nSPS) is 11.7. The van der Waals surface area contributed by atoms with Gasteiger partial charge in [-0.1, -0.05) is 20.3 Å². The van der Waals surface area contributed by atoms with E-state index in [-0.39, 0.29) is 18.3 Å². The van der Waals surface area contributed by atoms with Gasteiger partial charge >= 0.3 is 0 Å². The zero-order chi connectivity index (χ0) is 11.5. The fourth-order valence-corrected chi connectivity index (χ4v) is 1.38. The van der Waals surface area contributed by atoms with E-state index in [1.54, 1.807) is 7.11 Å². The lowest BCUT2D eigenvalue weighted by molar-refractivity contribution is -0.121. The van der Waals surface area contributed by atoms with E-state index in [2.05, 4.69) is 24.5 Å². The SMILES string of the molecule is CCCC(CC)NC(=O)CNCCOC.Cl. The summed E-state index contributed by atoms with van der Waals surface area (Å²) in [5.41, 5.74) is 0. The standard InChI is InChI=1S/C11H24N2O2.ClH/c1-4-6-10(5-2)13-11(14)9-12-7-8-15-3;/h10,12H,4-9H2,1-3H3,(H,13,14);1H. The predicted octanol–water partition coefficient (Wildman–Crippen LogP) is 1.34. The molecule has 0 heterocycles. The molecule has 1 atom stereocenters. The molecule has 0 saturated carbocycles. The molecule has 0 aliphatic rings. The van der Waals surface area contributed by atoms with Crippen LogP contribution in [-0.4, -0.2) is 38.8 Å². The highest BCUT2D eigenvalue weighted by Crippen LogP contribution is 1.99. The van der Waals surface area contributed by atoms with E-state index in [1.807, 2.05) is 0 Å². The first-order valence-electron chi connectivity index (χ1n) is 5.73. The Morgan fingerprint density at radius 1 is 1.38 bits per heavy atom. The summed E-state index contributed by atoms with van der Waals surface area (Å²) >= 11 is 0. The number of halogens is 1. The van der Waals surface area contributed by atoms with Gasteiger partial charge < -0.3 is 15.4 Å². The van der Waals surface area contributed by atoms with Crippen molar-refractivity contribution >= 4 is 18.3 Å². The van der Waals surface area contributed by atoms with Gasteiger partial charge in [-0.25, -0.2) is 0 Å². The van der Waals surface area contributed by atoms with Crippen LogP contribution >= 0.6 is 12.4 Å². The van der Waals surface area contributed by atoms with E-state index in [0.29, 0.717) is 25.7 Å². The second-order valence-electron chi connectivity index (χ2n) is 3.63. The van der Waals surface area contributed by atoms with Crippen molar-refractivity contribution in [3.63, 3.8) is 0 Å². The average molecular weight is 253 g/mol. The average Bonchev–Trinajstić information content (AvgIpc) is 2.24. The van der Waals surface area contributed by atoms with Gasteiger partial charge in [-0.3, -0.25) is 4.79 Å². The van der Waals surface area contributed by atoms with Gasteiger partial charge in [-0.05, 0) is 12.8 Å². The van der Waals surface area contributed by atoms with Crippen molar-refractivity contribution in [2.45, 2.75) is 39.2 Å². The molecular weight excluding hydrogens is 228 g/mol. The number of methoxy groups -OCH3 is 1. The maximum atomic E-state index is 11.4. The van der Waals surface area contributed by atoms with E-state index in [9.17, 15) is 4.79 Å². The van der Waals surface area contributed by atoms with Crippen molar-refractivity contribution in [3.05, 3.63) is 0 Å². The summed E-state index contributed by atoms with van der Waals surface area (Å²) in [6.07, 6.45) is 3.16. The maximum Gasteiger partial charge on any atom is 0.234 e. The summed E-state index contributed by atoms with van der Waals surface area (Å²) in [5.74, 6) is 0.0754. The van der Waals surface area contributed by atoms with E-state index < -0.39 is 0 Å². The summed E-state index contributed by atoms with van der Waals surface area (Å²) in [6, 6.07) is 0.326. The third-order valence-corrected chi connectivity index (χ3v) is 2.26. The second kappa shape index (κ2) is 12.7. The molecule has 0 rings (SSSR count). The second-order valence-corrected chi connectivity index (χ2v) is 3.63. The molecule has 1 unspecified atom stereocenters. The third-order valence-electron chi connectivity index (χ3n) is 2.26. The highest BCUT2D eigenvalue weighted by Gasteiger charge is 2.08. The number of rotatable bonds is 9. The molecule has 0 fully saturated rings. The molecule has 0 aliphatic heterocycles. The lowest BCUT2D eigenvalue weighted by Gasteiger charge is -2.16. The molecule has 5 heteroatoms. The van der Waals surface area contributed by atoms with Crippen LogP contribution in [-0.2, 0) is 9.53 Å². The van der Waals surface area contributed by atoms with E-state index in [1.165, 1.54) is 0 Å². The quantitative estimate of drug-likeness (QED) is 0.609. The van der Waals surface area contributed by atoms with Gasteiger partial charge in [0.05, 0.1) is 13.2 Å². The topological polar surface area (TPSA) is 50.4 Å². The van der Waals surface area contributed by atoms with E-state index >= 15 is 0 Å². The molecule has 0 bridgehead atoms. The summed E-state index contributed by atoms with van der Waals surface area (Å²) in [6.45, 7) is 5.96. The third kappa shape index (κ3) is 10.2. The van der Waals surface area contributed by atoms with E-state index in [4.69, 9.17) is 4.74 Å². The molecular formula is C11H25ClN2O2. The van der Waals surface area contributed by atoms with Crippen LogP contribution in [0.3, 0.4) is 0 Å². The Labute approximate surface area is 105 Å². The molecule has 4 nitrogen and oxygen atoms in total. The summed E-state index contributed by atoms with van der Waals surface area (Å²) < 4.78 is 4.87. The van der Waals surface area contributed by atoms with Crippen LogP contribution in [0.4, 0.5) is 0 Å². The first-order valence-corrected chi connectivity index (χ1v) is 5.73. The van der Waals surface area contributed by atoms with Crippen LogP contribution in [0.2, 0.25) is 0 Å². The molecule has 16 heavy (non-hydrogen) atoms. The van der Waals surface area contributed by atoms with Crippen molar-refractivity contribution < 1.29 is 9.53 Å². The van der Waals surface area contributed by atoms with Crippen molar-refractivity contribution in [3.8, 4) is 0 Å². The Balaban J connectivity index is 0. The zero-order valence-corrected chi connectivity index (χ0v) is 11.4. The number of hydrogen-bond donors (Lipinski definition) is 2. The molecule has 0 radical (unpaired) electrons. The van der Waals surface area contributed by atoms with Crippen LogP contribution in [0.25, 0.3) is 0 Å². The number of hydrogen-bond acceptors (Lipinski definition) is 3. The number of carbonyl (C=O) groups is 1. The molecule has 98 valence electrons. The Morgan fingerprint density at radius 3 is 2.56 bits per heavy atom. The van der Waals surface area contributed by atoms with Crippen LogP contribution < -0.4 is 10.6 Å². The summed E-state index contributed by atoms with van der Waals surface area (Å²) in [7, 11) is 1.65. The lowest BCUT2D eigenvalue weighted by atomic mass is 10.1. The first-order chi connectivity index (χ1) is 7.24. The smallest absolute Gasteiger partial charge is 0.234 e. The van der Waals surface area contributed by atoms with Crippen LogP contribution in [0.5, 0.6) is 0 Å². The molecule has 1 amide bonds. The number of ether oxygens (including phenoxy) is 1. The molecule has 0 aromatic rings. The number of carbonyl (C=O) groups excluding carboxylic acids is 1. The summed E-state index contributed by atoms with van der Waals surface area (Å²) in [4.78, 5) is 11.4. The number of amides is 1. The lowest BCUT2D eigenvalue weighted by Crippen LogP contribution is -2.40. The summed E-state index contributed by atoms with van der Waals surface area (Å²) in [5, 5.41) is 6.02. The van der Waals surface area contributed by atoms with Gasteiger partial charge in [-0.15, -0.1) is 12.4 Å². The Bertz CT molecular complexity index is 168. The van der Waals surface area contributed by atoms with Gasteiger partial charge in [0.1, 0.15) is 0 Å². The molecule has 2 N–H and O–H groups in total. The first kappa shape index (κ1) is 18.1.